The fourth-order valence-electron chi connectivity index (χ4n) is 4.99. The van der Waals surface area contributed by atoms with E-state index in [2.05, 4.69) is 5.32 Å². The van der Waals surface area contributed by atoms with Gasteiger partial charge in [0.2, 0.25) is 11.8 Å². The number of ether oxygens (including phenoxy) is 1. The minimum absolute atomic E-state index is 0.0149. The van der Waals surface area contributed by atoms with E-state index in [9.17, 15) is 18.0 Å². The van der Waals surface area contributed by atoms with Crippen LogP contribution < -0.4 is 14.4 Å². The summed E-state index contributed by atoms with van der Waals surface area (Å²) in [6.45, 7) is 4.96. The molecule has 4 aromatic rings. The summed E-state index contributed by atoms with van der Waals surface area (Å²) in [7, 11) is -2.81. The highest BCUT2D eigenvalue weighted by atomic mass is 35.5. The van der Waals surface area contributed by atoms with Crippen LogP contribution in [0.1, 0.15) is 30.5 Å². The van der Waals surface area contributed by atoms with Crippen LogP contribution in [0.15, 0.2) is 108 Å². The molecule has 4 aromatic carbocycles. The summed E-state index contributed by atoms with van der Waals surface area (Å²) in [4.78, 5) is 29.8. The van der Waals surface area contributed by atoms with Crippen molar-refractivity contribution >= 4 is 39.1 Å². The molecule has 2 amide bonds. The molecule has 0 aliphatic heterocycles. The van der Waals surface area contributed by atoms with E-state index in [1.54, 1.807) is 54.6 Å². The van der Waals surface area contributed by atoms with Gasteiger partial charge in [0.25, 0.3) is 10.0 Å². The summed E-state index contributed by atoms with van der Waals surface area (Å²) >= 11 is 6.30. The van der Waals surface area contributed by atoms with Crippen LogP contribution in [-0.4, -0.2) is 50.9 Å². The summed E-state index contributed by atoms with van der Waals surface area (Å²) in [5.74, 6) is -0.639. The van der Waals surface area contributed by atoms with Crippen molar-refractivity contribution in [3.8, 4) is 5.75 Å². The number of sulfonamides is 1. The van der Waals surface area contributed by atoms with E-state index < -0.39 is 28.5 Å². The second-order valence-corrected chi connectivity index (χ2v) is 13.3. The Bertz CT molecular complexity index is 1720. The summed E-state index contributed by atoms with van der Waals surface area (Å²) in [5.41, 5.74) is 2.53. The van der Waals surface area contributed by atoms with Gasteiger partial charge in [-0.3, -0.25) is 13.9 Å². The molecule has 10 heteroatoms. The molecule has 0 fully saturated rings. The Morgan fingerprint density at radius 3 is 2.13 bits per heavy atom. The number of hydrogen-bond donors (Lipinski definition) is 1. The first-order chi connectivity index (χ1) is 21.5. The highest BCUT2D eigenvalue weighted by Crippen LogP contribution is 2.34. The van der Waals surface area contributed by atoms with Crippen molar-refractivity contribution in [1.29, 1.82) is 0 Å². The van der Waals surface area contributed by atoms with Gasteiger partial charge < -0.3 is 15.0 Å². The van der Waals surface area contributed by atoms with Gasteiger partial charge in [-0.1, -0.05) is 78.3 Å². The molecule has 0 aliphatic rings. The van der Waals surface area contributed by atoms with Crippen LogP contribution in [0, 0.1) is 6.92 Å². The van der Waals surface area contributed by atoms with E-state index in [-0.39, 0.29) is 41.2 Å². The number of nitrogens with zero attached hydrogens (tertiary/aromatic N) is 2. The SMILES string of the molecule is COc1ccc(C)cc1N(CC(=O)N(Cc1cccc(Cl)c1)[C@@H](Cc1ccccc1)C(=O)NC(C)C)S(=O)(=O)c1ccccc1. The highest BCUT2D eigenvalue weighted by molar-refractivity contribution is 7.92. The Labute approximate surface area is 270 Å². The number of carbonyl (C=O) groups excluding carboxylic acids is 2. The maximum Gasteiger partial charge on any atom is 0.264 e. The third-order valence-corrected chi connectivity index (χ3v) is 9.17. The van der Waals surface area contributed by atoms with Crippen molar-refractivity contribution in [1.82, 2.24) is 10.2 Å². The summed E-state index contributed by atoms with van der Waals surface area (Å²) in [6, 6.07) is 28.3. The second-order valence-electron chi connectivity index (χ2n) is 11.0. The van der Waals surface area contributed by atoms with Crippen LogP contribution in [0.2, 0.25) is 5.02 Å². The number of benzene rings is 4. The Hall–Kier alpha value is -4.34. The average molecular weight is 648 g/mol. The lowest BCUT2D eigenvalue weighted by atomic mass is 10.0. The molecule has 0 spiro atoms. The zero-order valence-electron chi connectivity index (χ0n) is 25.8. The maximum absolute atomic E-state index is 14.6. The van der Waals surface area contributed by atoms with Gasteiger partial charge in [0.15, 0.2) is 0 Å². The number of rotatable bonds is 13. The standard InChI is InChI=1S/C35H38ClN3O5S/c1-25(2)37-35(41)32(22-27-12-7-5-8-13-27)38(23-28-14-11-15-29(36)21-28)34(40)24-39(31-20-26(3)18-19-33(31)44-4)45(42,43)30-16-9-6-10-17-30/h5-21,25,32H,22-24H2,1-4H3,(H,37,41)/t32-/m0/s1. The van der Waals surface area contributed by atoms with Gasteiger partial charge in [-0.25, -0.2) is 8.42 Å². The van der Waals surface area contributed by atoms with Crippen LogP contribution in [0.4, 0.5) is 5.69 Å². The third-order valence-electron chi connectivity index (χ3n) is 7.16. The lowest BCUT2D eigenvalue weighted by Crippen LogP contribution is -2.54. The molecule has 0 radical (unpaired) electrons. The monoisotopic (exact) mass is 647 g/mol. The van der Waals surface area contributed by atoms with Gasteiger partial charge in [0.05, 0.1) is 17.7 Å². The first-order valence-electron chi connectivity index (χ1n) is 14.6. The van der Waals surface area contributed by atoms with Crippen molar-refractivity contribution < 1.29 is 22.7 Å². The fraction of sp³-hybridized carbons (Fsp3) is 0.257. The fourth-order valence-corrected chi connectivity index (χ4v) is 6.65. The van der Waals surface area contributed by atoms with Crippen LogP contribution in [0.3, 0.4) is 0 Å². The smallest absolute Gasteiger partial charge is 0.264 e. The topological polar surface area (TPSA) is 96.0 Å². The summed E-state index contributed by atoms with van der Waals surface area (Å²) in [5, 5.41) is 3.43. The molecule has 1 N–H and O–H groups in total. The van der Waals surface area contributed by atoms with Crippen molar-refractivity contribution in [2.45, 2.75) is 50.7 Å². The molecular weight excluding hydrogens is 610 g/mol. The first-order valence-corrected chi connectivity index (χ1v) is 16.4. The molecule has 0 aromatic heterocycles. The second kappa shape index (κ2) is 15.1. The largest absolute Gasteiger partial charge is 0.495 e. The number of methoxy groups -OCH3 is 1. The molecule has 4 rings (SSSR count). The lowest BCUT2D eigenvalue weighted by Gasteiger charge is -2.34. The number of nitrogens with one attached hydrogen (secondary N) is 1. The van der Waals surface area contributed by atoms with Crippen molar-refractivity contribution in [2.75, 3.05) is 18.0 Å². The predicted octanol–water partition coefficient (Wildman–Crippen LogP) is 6.02. The first kappa shape index (κ1) is 33.6. The van der Waals surface area contributed by atoms with Crippen LogP contribution in [0.5, 0.6) is 5.75 Å². The number of hydrogen-bond acceptors (Lipinski definition) is 5. The Morgan fingerprint density at radius 2 is 1.51 bits per heavy atom. The van der Waals surface area contributed by atoms with Gasteiger partial charge in [-0.2, -0.15) is 0 Å². The zero-order valence-corrected chi connectivity index (χ0v) is 27.4. The summed E-state index contributed by atoms with van der Waals surface area (Å²) < 4.78 is 35.1. The van der Waals surface area contributed by atoms with Gasteiger partial charge in [-0.05, 0) is 73.9 Å². The maximum atomic E-state index is 14.6. The lowest BCUT2D eigenvalue weighted by molar-refractivity contribution is -0.140. The molecule has 0 saturated carbocycles. The van der Waals surface area contributed by atoms with Crippen molar-refractivity contribution in [3.05, 3.63) is 125 Å². The van der Waals surface area contributed by atoms with E-state index in [0.29, 0.717) is 10.6 Å². The van der Waals surface area contributed by atoms with E-state index in [0.717, 1.165) is 15.4 Å². The Balaban J connectivity index is 1.85. The predicted molar refractivity (Wildman–Crippen MR) is 178 cm³/mol. The molecule has 0 bridgehead atoms. The molecule has 0 saturated heterocycles. The molecule has 236 valence electrons. The molecule has 8 nitrogen and oxygen atoms in total. The van der Waals surface area contributed by atoms with E-state index in [4.69, 9.17) is 16.3 Å². The van der Waals surface area contributed by atoms with E-state index in [1.807, 2.05) is 57.2 Å². The summed E-state index contributed by atoms with van der Waals surface area (Å²) in [6.07, 6.45) is 0.213. The number of amides is 2. The Kier molecular flexibility index (Phi) is 11.3. The normalized spacial score (nSPS) is 12.0. The molecule has 0 unspecified atom stereocenters. The van der Waals surface area contributed by atoms with Gasteiger partial charge in [-0.15, -0.1) is 0 Å². The minimum atomic E-state index is -4.25. The van der Waals surface area contributed by atoms with Gasteiger partial charge >= 0.3 is 0 Å². The molecule has 1 atom stereocenters. The highest BCUT2D eigenvalue weighted by Gasteiger charge is 2.35. The minimum Gasteiger partial charge on any atom is -0.495 e. The van der Waals surface area contributed by atoms with Crippen LogP contribution >= 0.6 is 11.6 Å². The number of aryl methyl sites for hydroxylation is 1. The van der Waals surface area contributed by atoms with E-state index >= 15 is 0 Å². The van der Waals surface area contributed by atoms with Gasteiger partial charge in [0, 0.05) is 24.0 Å². The molecule has 45 heavy (non-hydrogen) atoms. The average Bonchev–Trinajstić information content (AvgIpc) is 3.02. The third kappa shape index (κ3) is 8.65. The molecule has 0 heterocycles. The zero-order chi connectivity index (χ0) is 32.6. The Morgan fingerprint density at radius 1 is 0.867 bits per heavy atom. The van der Waals surface area contributed by atoms with Crippen molar-refractivity contribution in [2.24, 2.45) is 0 Å². The quantitative estimate of drug-likeness (QED) is 0.192. The molecular formula is C35H38ClN3O5S. The van der Waals surface area contributed by atoms with Crippen LogP contribution in [-0.2, 0) is 32.6 Å². The number of anilines is 1. The molecule has 0 aliphatic carbocycles. The van der Waals surface area contributed by atoms with Crippen molar-refractivity contribution in [3.63, 3.8) is 0 Å². The number of halogens is 1. The number of carbonyl (C=O) groups is 2. The van der Waals surface area contributed by atoms with Gasteiger partial charge in [0.1, 0.15) is 18.3 Å². The van der Waals surface area contributed by atoms with E-state index in [1.165, 1.54) is 24.1 Å². The van der Waals surface area contributed by atoms with Crippen LogP contribution in [0.25, 0.3) is 0 Å².